The molecule has 0 aliphatic heterocycles. The summed E-state index contributed by atoms with van der Waals surface area (Å²) in [6.45, 7) is 0. The van der Waals surface area contributed by atoms with Crippen LogP contribution in [0.1, 0.15) is 5.56 Å². The van der Waals surface area contributed by atoms with Crippen molar-refractivity contribution >= 4 is 39.1 Å². The maximum Gasteiger partial charge on any atom is 0.278 e. The van der Waals surface area contributed by atoms with Crippen molar-refractivity contribution in [1.82, 2.24) is 4.98 Å². The molecule has 0 N–H and O–H groups in total. The zero-order valence-electron chi connectivity index (χ0n) is 13.6. The third kappa shape index (κ3) is 3.22. The van der Waals surface area contributed by atoms with E-state index in [0.29, 0.717) is 5.56 Å². The Morgan fingerprint density at radius 1 is 0.962 bits per heavy atom. The van der Waals surface area contributed by atoms with Crippen LogP contribution in [0.5, 0.6) is 0 Å². The van der Waals surface area contributed by atoms with E-state index in [2.05, 4.69) is 16.0 Å². The summed E-state index contributed by atoms with van der Waals surface area (Å²) in [4.78, 5) is 19.6. The van der Waals surface area contributed by atoms with Crippen molar-refractivity contribution in [2.24, 2.45) is 4.99 Å². The minimum atomic E-state index is -0.405. The zero-order valence-corrected chi connectivity index (χ0v) is 14.4. The Morgan fingerprint density at radius 2 is 1.69 bits per heavy atom. The maximum atomic E-state index is 11.0. The number of nitrogens with zero attached hydrogens (tertiary/aromatic N) is 3. The first-order valence-corrected chi connectivity index (χ1v) is 8.76. The Kier molecular flexibility index (Phi) is 4.25. The second-order valence-corrected chi connectivity index (χ2v) is 6.64. The molecule has 0 aliphatic rings. The molecule has 0 radical (unpaired) electrons. The quantitative estimate of drug-likeness (QED) is 0.270. The van der Waals surface area contributed by atoms with E-state index < -0.39 is 4.92 Å². The van der Waals surface area contributed by atoms with Crippen molar-refractivity contribution in [1.29, 1.82) is 0 Å². The van der Waals surface area contributed by atoms with E-state index in [1.807, 2.05) is 42.5 Å². The van der Waals surface area contributed by atoms with E-state index >= 15 is 0 Å². The van der Waals surface area contributed by atoms with E-state index in [1.165, 1.54) is 12.3 Å². The number of para-hydroxylation sites is 2. The lowest BCUT2D eigenvalue weighted by molar-refractivity contribution is -0.385. The normalized spacial score (nSPS) is 11.2. The molecule has 1 heterocycles. The van der Waals surface area contributed by atoms with Crippen molar-refractivity contribution in [2.75, 3.05) is 0 Å². The number of rotatable bonds is 4. The summed E-state index contributed by atoms with van der Waals surface area (Å²) in [5.74, 6) is 0. The minimum absolute atomic E-state index is 0.0438. The second-order valence-electron chi connectivity index (χ2n) is 5.61. The van der Waals surface area contributed by atoms with E-state index in [-0.39, 0.29) is 5.69 Å². The van der Waals surface area contributed by atoms with Gasteiger partial charge in [-0.3, -0.25) is 15.1 Å². The predicted octanol–water partition coefficient (Wildman–Crippen LogP) is 5.62. The molecule has 0 atom stereocenters. The first-order chi connectivity index (χ1) is 12.7. The monoisotopic (exact) mass is 359 g/mol. The van der Waals surface area contributed by atoms with Crippen molar-refractivity contribution in [3.8, 4) is 10.6 Å². The lowest BCUT2D eigenvalue weighted by Gasteiger charge is -1.98. The summed E-state index contributed by atoms with van der Waals surface area (Å²) in [5, 5.41) is 12.0. The fourth-order valence-electron chi connectivity index (χ4n) is 2.59. The molecule has 6 heteroatoms. The lowest BCUT2D eigenvalue weighted by Crippen LogP contribution is -1.93. The molecular formula is C20H13N3O2S. The number of aromatic nitrogens is 1. The minimum Gasteiger partial charge on any atom is -0.258 e. The third-order valence-corrected chi connectivity index (χ3v) is 4.98. The Morgan fingerprint density at radius 3 is 2.46 bits per heavy atom. The summed E-state index contributed by atoms with van der Waals surface area (Å²) in [5.41, 5.74) is 3.27. The molecule has 0 spiro atoms. The van der Waals surface area contributed by atoms with Gasteiger partial charge in [-0.2, -0.15) is 0 Å². The van der Waals surface area contributed by atoms with Gasteiger partial charge in [0.2, 0.25) is 0 Å². The standard InChI is InChI=1S/C20H13N3O2S/c24-23(25)18-7-3-1-5-15(18)13-21-16-11-9-14(10-12-16)20-22-17-6-2-4-8-19(17)26-20/h1-13H. The van der Waals surface area contributed by atoms with Gasteiger partial charge in [0.15, 0.2) is 0 Å². The average Bonchev–Trinajstić information content (AvgIpc) is 3.11. The van der Waals surface area contributed by atoms with Gasteiger partial charge in [0.05, 0.1) is 26.4 Å². The Balaban J connectivity index is 1.59. The number of nitro benzene ring substituents is 1. The number of aliphatic imine (C=N–C) groups is 1. The van der Waals surface area contributed by atoms with Crippen LogP contribution in [0.4, 0.5) is 11.4 Å². The molecule has 0 saturated heterocycles. The fourth-order valence-corrected chi connectivity index (χ4v) is 3.56. The number of thiazole rings is 1. The van der Waals surface area contributed by atoms with Crippen LogP contribution in [0.2, 0.25) is 0 Å². The molecule has 0 amide bonds. The summed E-state index contributed by atoms with van der Waals surface area (Å²) in [7, 11) is 0. The van der Waals surface area contributed by atoms with Crippen LogP contribution in [0.25, 0.3) is 20.8 Å². The Bertz CT molecular complexity index is 1080. The van der Waals surface area contributed by atoms with Crippen LogP contribution >= 0.6 is 11.3 Å². The number of nitro groups is 1. The third-order valence-electron chi connectivity index (χ3n) is 3.89. The molecule has 4 rings (SSSR count). The number of hydrogen-bond acceptors (Lipinski definition) is 5. The largest absolute Gasteiger partial charge is 0.278 e. The van der Waals surface area contributed by atoms with Gasteiger partial charge in [-0.25, -0.2) is 4.98 Å². The topological polar surface area (TPSA) is 68.4 Å². The highest BCUT2D eigenvalue weighted by Crippen LogP contribution is 2.31. The van der Waals surface area contributed by atoms with Gasteiger partial charge >= 0.3 is 0 Å². The van der Waals surface area contributed by atoms with E-state index in [1.54, 1.807) is 29.5 Å². The maximum absolute atomic E-state index is 11.0. The van der Waals surface area contributed by atoms with Crippen molar-refractivity contribution in [3.05, 3.63) is 88.5 Å². The first kappa shape index (κ1) is 16.1. The van der Waals surface area contributed by atoms with Crippen LogP contribution in [-0.4, -0.2) is 16.1 Å². The SMILES string of the molecule is O=[N+]([O-])c1ccccc1C=Nc1ccc(-c2nc3ccccc3s2)cc1. The molecule has 4 aromatic rings. The lowest BCUT2D eigenvalue weighted by atomic mass is 10.2. The summed E-state index contributed by atoms with van der Waals surface area (Å²) < 4.78 is 1.15. The van der Waals surface area contributed by atoms with Crippen molar-refractivity contribution in [3.63, 3.8) is 0 Å². The van der Waals surface area contributed by atoms with Gasteiger partial charge < -0.3 is 0 Å². The molecule has 1 aromatic heterocycles. The highest BCUT2D eigenvalue weighted by atomic mass is 32.1. The molecule has 5 nitrogen and oxygen atoms in total. The number of hydrogen-bond donors (Lipinski definition) is 0. The summed E-state index contributed by atoms with van der Waals surface area (Å²) in [6.07, 6.45) is 1.52. The Labute approximate surface area is 153 Å². The molecule has 0 unspecified atom stereocenters. The van der Waals surface area contributed by atoms with Crippen LogP contribution in [0, 0.1) is 10.1 Å². The first-order valence-electron chi connectivity index (χ1n) is 7.94. The smallest absolute Gasteiger partial charge is 0.258 e. The molecule has 3 aromatic carbocycles. The number of fused-ring (bicyclic) bond motifs is 1. The van der Waals surface area contributed by atoms with Crippen LogP contribution in [0.3, 0.4) is 0 Å². The molecule has 26 heavy (non-hydrogen) atoms. The molecule has 0 saturated carbocycles. The van der Waals surface area contributed by atoms with Gasteiger partial charge in [0.1, 0.15) is 5.01 Å². The van der Waals surface area contributed by atoms with Crippen molar-refractivity contribution < 1.29 is 4.92 Å². The fraction of sp³-hybridized carbons (Fsp3) is 0. The molecular weight excluding hydrogens is 346 g/mol. The van der Waals surface area contributed by atoms with Gasteiger partial charge in [-0.1, -0.05) is 24.3 Å². The van der Waals surface area contributed by atoms with Gasteiger partial charge in [0, 0.05) is 17.8 Å². The van der Waals surface area contributed by atoms with Crippen LogP contribution in [0.15, 0.2) is 77.8 Å². The van der Waals surface area contributed by atoms with Crippen molar-refractivity contribution in [2.45, 2.75) is 0 Å². The molecule has 0 fully saturated rings. The molecule has 0 aliphatic carbocycles. The van der Waals surface area contributed by atoms with Gasteiger partial charge in [-0.05, 0) is 42.5 Å². The Hall–Kier alpha value is -3.38. The number of benzene rings is 3. The van der Waals surface area contributed by atoms with Crippen LogP contribution in [-0.2, 0) is 0 Å². The molecule has 126 valence electrons. The second kappa shape index (κ2) is 6.85. The van der Waals surface area contributed by atoms with E-state index in [9.17, 15) is 10.1 Å². The highest BCUT2D eigenvalue weighted by molar-refractivity contribution is 7.21. The predicted molar refractivity (Wildman–Crippen MR) is 105 cm³/mol. The summed E-state index contributed by atoms with van der Waals surface area (Å²) >= 11 is 1.65. The van der Waals surface area contributed by atoms with E-state index in [4.69, 9.17) is 0 Å². The zero-order chi connectivity index (χ0) is 17.9. The summed E-state index contributed by atoms with van der Waals surface area (Å²) in [6, 6.07) is 22.3. The average molecular weight is 359 g/mol. The van der Waals surface area contributed by atoms with E-state index in [0.717, 1.165) is 26.5 Å². The van der Waals surface area contributed by atoms with Gasteiger partial charge in [-0.15, -0.1) is 11.3 Å². The molecule has 0 bridgehead atoms. The highest BCUT2D eigenvalue weighted by Gasteiger charge is 2.10. The van der Waals surface area contributed by atoms with Gasteiger partial charge in [0.25, 0.3) is 5.69 Å². The van der Waals surface area contributed by atoms with Crippen LogP contribution < -0.4 is 0 Å².